The van der Waals surface area contributed by atoms with Gasteiger partial charge in [0, 0.05) is 26.8 Å². The van der Waals surface area contributed by atoms with Crippen molar-refractivity contribution in [3.63, 3.8) is 0 Å². The fourth-order valence-electron chi connectivity index (χ4n) is 1.44. The van der Waals surface area contributed by atoms with Crippen LogP contribution in [0, 0.1) is 5.82 Å². The lowest BCUT2D eigenvalue weighted by molar-refractivity contribution is 0.0739. The fourth-order valence-corrected chi connectivity index (χ4v) is 1.44. The summed E-state index contributed by atoms with van der Waals surface area (Å²) in [6.45, 7) is 0.761. The summed E-state index contributed by atoms with van der Waals surface area (Å²) >= 11 is 0. The van der Waals surface area contributed by atoms with Gasteiger partial charge in [-0.25, -0.2) is 4.39 Å². The van der Waals surface area contributed by atoms with Gasteiger partial charge in [-0.2, -0.15) is 0 Å². The second kappa shape index (κ2) is 6.20. The number of rotatable bonds is 5. The Morgan fingerprint density at radius 2 is 2.11 bits per heavy atom. The molecule has 0 radical (unpaired) electrons. The molecule has 5 nitrogen and oxygen atoms in total. The zero-order chi connectivity index (χ0) is 13.7. The zero-order valence-electron chi connectivity index (χ0n) is 10.7. The SMILES string of the molecule is COCCN(C)C(=O)c1cc(OC)c(N)cc1F. The molecule has 0 fully saturated rings. The molecule has 0 saturated heterocycles. The van der Waals surface area contributed by atoms with E-state index in [-0.39, 0.29) is 17.0 Å². The summed E-state index contributed by atoms with van der Waals surface area (Å²) in [5.41, 5.74) is 5.64. The molecule has 1 amide bonds. The molecule has 0 atom stereocenters. The maximum atomic E-state index is 13.7. The summed E-state index contributed by atoms with van der Waals surface area (Å²) in [6.07, 6.45) is 0. The molecule has 100 valence electrons. The van der Waals surface area contributed by atoms with Crippen molar-refractivity contribution < 1.29 is 18.7 Å². The van der Waals surface area contributed by atoms with Gasteiger partial charge in [-0.1, -0.05) is 0 Å². The number of likely N-dealkylation sites (N-methyl/N-ethyl adjacent to an activating group) is 1. The van der Waals surface area contributed by atoms with Crippen molar-refractivity contribution in [2.75, 3.05) is 40.2 Å². The Morgan fingerprint density at radius 1 is 1.44 bits per heavy atom. The van der Waals surface area contributed by atoms with E-state index in [9.17, 15) is 9.18 Å². The number of nitrogens with zero attached hydrogens (tertiary/aromatic N) is 1. The molecule has 1 aromatic carbocycles. The number of methoxy groups -OCH3 is 2. The standard InChI is InChI=1S/C12H17FN2O3/c1-15(4-5-17-2)12(16)8-6-11(18-3)10(14)7-9(8)13/h6-7H,4-5,14H2,1-3H3. The van der Waals surface area contributed by atoms with E-state index in [1.807, 2.05) is 0 Å². The smallest absolute Gasteiger partial charge is 0.256 e. The maximum Gasteiger partial charge on any atom is 0.256 e. The highest BCUT2D eigenvalue weighted by molar-refractivity contribution is 5.95. The predicted octanol–water partition coefficient (Wildman–Crippen LogP) is 1.13. The second-order valence-corrected chi connectivity index (χ2v) is 3.79. The second-order valence-electron chi connectivity index (χ2n) is 3.79. The Bertz CT molecular complexity index is 438. The quantitative estimate of drug-likeness (QED) is 0.802. The molecule has 0 unspecified atom stereocenters. The maximum absolute atomic E-state index is 13.7. The minimum atomic E-state index is -0.664. The van der Waals surface area contributed by atoms with E-state index in [1.54, 1.807) is 7.05 Å². The van der Waals surface area contributed by atoms with Gasteiger partial charge in [0.25, 0.3) is 5.91 Å². The molecule has 0 saturated carbocycles. The number of anilines is 1. The molecule has 6 heteroatoms. The van der Waals surface area contributed by atoms with Crippen LogP contribution in [0.3, 0.4) is 0 Å². The Labute approximate surface area is 105 Å². The third-order valence-electron chi connectivity index (χ3n) is 2.53. The van der Waals surface area contributed by atoms with Gasteiger partial charge in [0.1, 0.15) is 11.6 Å². The number of halogens is 1. The third kappa shape index (κ3) is 3.10. The van der Waals surface area contributed by atoms with Crippen LogP contribution in [0.4, 0.5) is 10.1 Å². The lowest BCUT2D eigenvalue weighted by Crippen LogP contribution is -2.30. The summed E-state index contributed by atoms with van der Waals surface area (Å²) < 4.78 is 23.5. The van der Waals surface area contributed by atoms with Crippen LogP contribution in [0.15, 0.2) is 12.1 Å². The molecular formula is C12H17FN2O3. The van der Waals surface area contributed by atoms with Crippen molar-refractivity contribution >= 4 is 11.6 Å². The molecule has 18 heavy (non-hydrogen) atoms. The largest absolute Gasteiger partial charge is 0.495 e. The highest BCUT2D eigenvalue weighted by atomic mass is 19.1. The van der Waals surface area contributed by atoms with Gasteiger partial charge in [-0.3, -0.25) is 4.79 Å². The first kappa shape index (κ1) is 14.2. The van der Waals surface area contributed by atoms with E-state index in [4.69, 9.17) is 15.2 Å². The van der Waals surface area contributed by atoms with Gasteiger partial charge in [0.15, 0.2) is 0 Å². The minimum absolute atomic E-state index is 0.0698. The molecule has 0 heterocycles. The average Bonchev–Trinajstić information content (AvgIpc) is 2.35. The van der Waals surface area contributed by atoms with Crippen molar-refractivity contribution in [2.45, 2.75) is 0 Å². The molecule has 0 spiro atoms. The van der Waals surface area contributed by atoms with E-state index in [0.717, 1.165) is 6.07 Å². The molecule has 0 aliphatic carbocycles. The molecule has 1 aromatic rings. The molecule has 2 N–H and O–H groups in total. The number of ether oxygens (including phenoxy) is 2. The summed E-state index contributed by atoms with van der Waals surface area (Å²) in [4.78, 5) is 13.4. The van der Waals surface area contributed by atoms with Crippen LogP contribution >= 0.6 is 0 Å². The van der Waals surface area contributed by atoms with Gasteiger partial charge in [0.05, 0.1) is 25.0 Å². The normalized spacial score (nSPS) is 10.2. The Balaban J connectivity index is 2.98. The van der Waals surface area contributed by atoms with Crippen molar-refractivity contribution in [1.82, 2.24) is 4.90 Å². The van der Waals surface area contributed by atoms with Crippen molar-refractivity contribution in [3.8, 4) is 5.75 Å². The monoisotopic (exact) mass is 256 g/mol. The van der Waals surface area contributed by atoms with Crippen molar-refractivity contribution in [1.29, 1.82) is 0 Å². The first-order valence-electron chi connectivity index (χ1n) is 5.38. The lowest BCUT2D eigenvalue weighted by atomic mass is 10.1. The highest BCUT2D eigenvalue weighted by Crippen LogP contribution is 2.25. The van der Waals surface area contributed by atoms with Gasteiger partial charge in [0.2, 0.25) is 0 Å². The topological polar surface area (TPSA) is 64.8 Å². The summed E-state index contributed by atoms with van der Waals surface area (Å²) in [6, 6.07) is 2.38. The molecule has 0 aromatic heterocycles. The van der Waals surface area contributed by atoms with Crippen molar-refractivity contribution in [2.24, 2.45) is 0 Å². The van der Waals surface area contributed by atoms with E-state index in [2.05, 4.69) is 0 Å². The minimum Gasteiger partial charge on any atom is -0.495 e. The molecule has 0 aliphatic heterocycles. The summed E-state index contributed by atoms with van der Waals surface area (Å²) in [5.74, 6) is -0.828. The fraction of sp³-hybridized carbons (Fsp3) is 0.417. The van der Waals surface area contributed by atoms with Crippen molar-refractivity contribution in [3.05, 3.63) is 23.5 Å². The molecular weight excluding hydrogens is 239 g/mol. The first-order chi connectivity index (χ1) is 8.51. The van der Waals surface area contributed by atoms with Crippen LogP contribution in [0.1, 0.15) is 10.4 Å². The van der Waals surface area contributed by atoms with E-state index in [1.165, 1.54) is 25.2 Å². The van der Waals surface area contributed by atoms with Crippen LogP contribution < -0.4 is 10.5 Å². The number of amides is 1. The predicted molar refractivity (Wildman–Crippen MR) is 66.2 cm³/mol. The van der Waals surface area contributed by atoms with E-state index >= 15 is 0 Å². The van der Waals surface area contributed by atoms with Gasteiger partial charge in [-0.05, 0) is 6.07 Å². The first-order valence-corrected chi connectivity index (χ1v) is 5.38. The van der Waals surface area contributed by atoms with Gasteiger partial charge in [-0.15, -0.1) is 0 Å². The van der Waals surface area contributed by atoms with Crippen LogP contribution in [0.2, 0.25) is 0 Å². The van der Waals surface area contributed by atoms with E-state index in [0.29, 0.717) is 13.2 Å². The Hall–Kier alpha value is -1.82. The van der Waals surface area contributed by atoms with Crippen LogP contribution in [-0.4, -0.2) is 45.2 Å². The third-order valence-corrected chi connectivity index (χ3v) is 2.53. The number of hydrogen-bond donors (Lipinski definition) is 1. The molecule has 0 aliphatic rings. The van der Waals surface area contributed by atoms with Crippen LogP contribution in [0.25, 0.3) is 0 Å². The number of hydrogen-bond acceptors (Lipinski definition) is 4. The summed E-state index contributed by atoms with van der Waals surface area (Å²) in [7, 11) is 4.52. The summed E-state index contributed by atoms with van der Waals surface area (Å²) in [5, 5.41) is 0. The lowest BCUT2D eigenvalue weighted by Gasteiger charge is -2.17. The zero-order valence-corrected chi connectivity index (χ0v) is 10.7. The van der Waals surface area contributed by atoms with Gasteiger partial charge < -0.3 is 20.1 Å². The molecule has 1 rings (SSSR count). The number of benzene rings is 1. The Kier molecular flexibility index (Phi) is 4.91. The Morgan fingerprint density at radius 3 is 2.67 bits per heavy atom. The van der Waals surface area contributed by atoms with Gasteiger partial charge >= 0.3 is 0 Å². The van der Waals surface area contributed by atoms with Crippen LogP contribution in [0.5, 0.6) is 5.75 Å². The number of nitrogens with two attached hydrogens (primary N) is 1. The van der Waals surface area contributed by atoms with E-state index < -0.39 is 11.7 Å². The number of nitrogen functional groups attached to an aromatic ring is 1. The molecule has 0 bridgehead atoms. The number of carbonyl (C=O) groups is 1. The number of carbonyl (C=O) groups excluding carboxylic acids is 1. The average molecular weight is 256 g/mol. The highest BCUT2D eigenvalue weighted by Gasteiger charge is 2.18. The van der Waals surface area contributed by atoms with Crippen LogP contribution in [-0.2, 0) is 4.74 Å².